The number of ether oxygens (including phenoxy) is 1. The van der Waals surface area contributed by atoms with E-state index in [-0.39, 0.29) is 5.97 Å². The van der Waals surface area contributed by atoms with E-state index in [2.05, 4.69) is 22.3 Å². The van der Waals surface area contributed by atoms with Gasteiger partial charge in [-0.3, -0.25) is 0 Å². The molecule has 0 spiro atoms. The summed E-state index contributed by atoms with van der Waals surface area (Å²) in [5, 5.41) is 8.00. The van der Waals surface area contributed by atoms with Crippen LogP contribution < -0.4 is 10.6 Å². The van der Waals surface area contributed by atoms with E-state index in [9.17, 15) is 4.79 Å². The van der Waals surface area contributed by atoms with Crippen molar-refractivity contribution in [2.45, 2.75) is 38.6 Å². The Labute approximate surface area is 128 Å². The second-order valence-corrected chi connectivity index (χ2v) is 6.61. The molecule has 1 aromatic rings. The van der Waals surface area contributed by atoms with E-state index in [4.69, 9.17) is 12.2 Å². The van der Waals surface area contributed by atoms with Crippen molar-refractivity contribution in [3.05, 3.63) is 17.0 Å². The number of carbonyl (C=O) groups is 1. The van der Waals surface area contributed by atoms with Crippen molar-refractivity contribution >= 4 is 39.6 Å². The molecule has 0 saturated heterocycles. The summed E-state index contributed by atoms with van der Waals surface area (Å²) in [6, 6.07) is 4.03. The Morgan fingerprint density at radius 3 is 2.85 bits per heavy atom. The standard InChI is InChI=1S/C14H20N2O2S2/c1-9-5-3-4-6-10(9)15-14(19)16-12-8-7-11(20-12)13(17)18-2/h7-10H,3-6H2,1-2H3,(H2,15,16,19)/t9-,10-/m1/s1. The maximum atomic E-state index is 11.4. The first kappa shape index (κ1) is 15.3. The van der Waals surface area contributed by atoms with Crippen molar-refractivity contribution in [1.82, 2.24) is 5.32 Å². The Morgan fingerprint density at radius 1 is 1.40 bits per heavy atom. The van der Waals surface area contributed by atoms with Gasteiger partial charge in [0.1, 0.15) is 4.88 Å². The van der Waals surface area contributed by atoms with Crippen LogP contribution in [0, 0.1) is 5.92 Å². The molecule has 20 heavy (non-hydrogen) atoms. The number of nitrogens with one attached hydrogen (secondary N) is 2. The van der Waals surface area contributed by atoms with E-state index in [0.29, 0.717) is 21.9 Å². The van der Waals surface area contributed by atoms with Gasteiger partial charge in [0, 0.05) is 6.04 Å². The van der Waals surface area contributed by atoms with Crippen LogP contribution in [0.15, 0.2) is 12.1 Å². The number of carbonyl (C=O) groups excluding carboxylic acids is 1. The number of hydrogen-bond donors (Lipinski definition) is 2. The van der Waals surface area contributed by atoms with Crippen LogP contribution in [-0.4, -0.2) is 24.2 Å². The number of esters is 1. The molecule has 1 fully saturated rings. The van der Waals surface area contributed by atoms with Crippen LogP contribution in [0.25, 0.3) is 0 Å². The number of thiophene rings is 1. The first-order chi connectivity index (χ1) is 9.60. The molecule has 4 nitrogen and oxygen atoms in total. The summed E-state index contributed by atoms with van der Waals surface area (Å²) >= 11 is 6.68. The van der Waals surface area contributed by atoms with E-state index < -0.39 is 0 Å². The quantitative estimate of drug-likeness (QED) is 0.662. The van der Waals surface area contributed by atoms with Gasteiger partial charge in [-0.1, -0.05) is 19.8 Å². The first-order valence-corrected chi connectivity index (χ1v) is 8.08. The Kier molecular flexibility index (Phi) is 5.37. The Bertz CT molecular complexity index is 487. The zero-order chi connectivity index (χ0) is 14.5. The van der Waals surface area contributed by atoms with Crippen molar-refractivity contribution in [3.8, 4) is 0 Å². The highest BCUT2D eigenvalue weighted by molar-refractivity contribution is 7.80. The molecule has 110 valence electrons. The minimum atomic E-state index is -0.317. The maximum Gasteiger partial charge on any atom is 0.348 e. The second kappa shape index (κ2) is 7.04. The highest BCUT2D eigenvalue weighted by Crippen LogP contribution is 2.25. The summed E-state index contributed by atoms with van der Waals surface area (Å²) in [6.07, 6.45) is 5.00. The SMILES string of the molecule is COC(=O)c1ccc(NC(=S)N[C@@H]2CCCC[C@H]2C)s1. The highest BCUT2D eigenvalue weighted by atomic mass is 32.1. The number of rotatable bonds is 3. The molecule has 2 atom stereocenters. The first-order valence-electron chi connectivity index (χ1n) is 6.86. The van der Waals surface area contributed by atoms with Gasteiger partial charge in [0.15, 0.2) is 5.11 Å². The number of methoxy groups -OCH3 is 1. The third kappa shape index (κ3) is 3.93. The zero-order valence-electron chi connectivity index (χ0n) is 11.8. The summed E-state index contributed by atoms with van der Waals surface area (Å²) in [5.74, 6) is 0.334. The summed E-state index contributed by atoms with van der Waals surface area (Å²) in [4.78, 5) is 12.0. The molecule has 1 heterocycles. The van der Waals surface area contributed by atoms with E-state index in [1.807, 2.05) is 6.07 Å². The Morgan fingerprint density at radius 2 is 2.15 bits per heavy atom. The fraction of sp³-hybridized carbons (Fsp3) is 0.571. The van der Waals surface area contributed by atoms with E-state index in [0.717, 1.165) is 5.00 Å². The third-order valence-electron chi connectivity index (χ3n) is 3.66. The van der Waals surface area contributed by atoms with Gasteiger partial charge in [-0.05, 0) is 43.1 Å². The molecular weight excluding hydrogens is 292 g/mol. The van der Waals surface area contributed by atoms with Gasteiger partial charge in [-0.15, -0.1) is 11.3 Å². The molecule has 0 bridgehead atoms. The minimum absolute atomic E-state index is 0.317. The normalized spacial score (nSPS) is 22.1. The van der Waals surface area contributed by atoms with Crippen LogP contribution in [-0.2, 0) is 4.74 Å². The lowest BCUT2D eigenvalue weighted by molar-refractivity contribution is 0.0606. The van der Waals surface area contributed by atoms with Crippen molar-refractivity contribution in [2.24, 2.45) is 5.92 Å². The predicted molar refractivity (Wildman–Crippen MR) is 86.4 cm³/mol. The number of anilines is 1. The minimum Gasteiger partial charge on any atom is -0.465 e. The van der Waals surface area contributed by atoms with E-state index in [1.54, 1.807) is 6.07 Å². The molecule has 0 aromatic carbocycles. The summed E-state index contributed by atoms with van der Waals surface area (Å²) in [7, 11) is 1.38. The lowest BCUT2D eigenvalue weighted by Crippen LogP contribution is -2.42. The average Bonchev–Trinajstić information content (AvgIpc) is 2.89. The molecule has 1 saturated carbocycles. The number of hydrogen-bond acceptors (Lipinski definition) is 4. The maximum absolute atomic E-state index is 11.4. The van der Waals surface area contributed by atoms with Crippen LogP contribution in [0.5, 0.6) is 0 Å². The van der Waals surface area contributed by atoms with Crippen LogP contribution in [0.4, 0.5) is 5.00 Å². The highest BCUT2D eigenvalue weighted by Gasteiger charge is 2.21. The lowest BCUT2D eigenvalue weighted by Gasteiger charge is -2.30. The fourth-order valence-corrected chi connectivity index (χ4v) is 3.62. The van der Waals surface area contributed by atoms with Crippen LogP contribution in [0.3, 0.4) is 0 Å². The van der Waals surface area contributed by atoms with Gasteiger partial charge in [0.05, 0.1) is 12.1 Å². The van der Waals surface area contributed by atoms with Gasteiger partial charge >= 0.3 is 5.97 Å². The molecule has 6 heteroatoms. The molecule has 2 N–H and O–H groups in total. The van der Waals surface area contributed by atoms with Crippen molar-refractivity contribution in [3.63, 3.8) is 0 Å². The summed E-state index contributed by atoms with van der Waals surface area (Å²) < 4.78 is 4.69. The molecule has 0 aliphatic heterocycles. The van der Waals surface area contributed by atoms with Gasteiger partial charge in [0.25, 0.3) is 0 Å². The molecule has 0 amide bonds. The lowest BCUT2D eigenvalue weighted by atomic mass is 9.86. The average molecular weight is 312 g/mol. The third-order valence-corrected chi connectivity index (χ3v) is 4.86. The molecule has 2 rings (SSSR count). The monoisotopic (exact) mass is 312 g/mol. The van der Waals surface area contributed by atoms with Gasteiger partial charge < -0.3 is 15.4 Å². The van der Waals surface area contributed by atoms with Crippen LogP contribution in [0.1, 0.15) is 42.3 Å². The van der Waals surface area contributed by atoms with E-state index >= 15 is 0 Å². The van der Waals surface area contributed by atoms with Crippen molar-refractivity contribution in [2.75, 3.05) is 12.4 Å². The van der Waals surface area contributed by atoms with E-state index in [1.165, 1.54) is 44.1 Å². The molecule has 0 unspecified atom stereocenters. The molecule has 1 aromatic heterocycles. The molecule has 0 radical (unpaired) electrons. The van der Waals surface area contributed by atoms with Crippen molar-refractivity contribution < 1.29 is 9.53 Å². The number of thiocarbonyl (C=S) groups is 1. The fourth-order valence-electron chi connectivity index (χ4n) is 2.46. The Hall–Kier alpha value is -1.14. The molecular formula is C14H20N2O2S2. The van der Waals surface area contributed by atoms with Gasteiger partial charge in [0.2, 0.25) is 0 Å². The second-order valence-electron chi connectivity index (χ2n) is 5.12. The summed E-state index contributed by atoms with van der Waals surface area (Å²) in [6.45, 7) is 2.26. The molecule has 1 aliphatic carbocycles. The smallest absolute Gasteiger partial charge is 0.348 e. The zero-order valence-corrected chi connectivity index (χ0v) is 13.4. The van der Waals surface area contributed by atoms with Crippen LogP contribution in [0.2, 0.25) is 0 Å². The van der Waals surface area contributed by atoms with Crippen molar-refractivity contribution in [1.29, 1.82) is 0 Å². The van der Waals surface area contributed by atoms with Crippen LogP contribution >= 0.6 is 23.6 Å². The van der Waals surface area contributed by atoms with Gasteiger partial charge in [-0.2, -0.15) is 0 Å². The largest absolute Gasteiger partial charge is 0.465 e. The predicted octanol–water partition coefficient (Wildman–Crippen LogP) is 3.40. The topological polar surface area (TPSA) is 50.4 Å². The summed E-state index contributed by atoms with van der Waals surface area (Å²) in [5.41, 5.74) is 0. The van der Waals surface area contributed by atoms with Gasteiger partial charge in [-0.25, -0.2) is 4.79 Å². The Balaban J connectivity index is 1.87. The molecule has 1 aliphatic rings.